The third-order valence-electron chi connectivity index (χ3n) is 2.27. The predicted octanol–water partition coefficient (Wildman–Crippen LogP) is 2.56. The van der Waals surface area contributed by atoms with Gasteiger partial charge in [0.25, 0.3) is 0 Å². The van der Waals surface area contributed by atoms with Gasteiger partial charge in [0, 0.05) is 5.75 Å². The highest BCUT2D eigenvalue weighted by atomic mass is 32.2. The molecule has 1 aromatic rings. The molecule has 0 saturated carbocycles. The minimum atomic E-state index is -0.00924. The number of ether oxygens (including phenoxy) is 1. The molecule has 0 saturated heterocycles. The van der Waals surface area contributed by atoms with E-state index in [-0.39, 0.29) is 9.91 Å². The summed E-state index contributed by atoms with van der Waals surface area (Å²) in [4.78, 5) is 1.17. The maximum absolute atomic E-state index is 7.24. The molecule has 1 heterocycles. The van der Waals surface area contributed by atoms with Gasteiger partial charge in [-0.15, -0.1) is 11.8 Å². The third kappa shape index (κ3) is 2.65. The van der Waals surface area contributed by atoms with Crippen molar-refractivity contribution in [2.45, 2.75) is 16.6 Å². The quantitative estimate of drug-likeness (QED) is 0.629. The molecule has 0 spiro atoms. The Morgan fingerprint density at radius 1 is 1.62 bits per heavy atom. The third-order valence-corrected chi connectivity index (χ3v) is 4.86. The lowest BCUT2D eigenvalue weighted by Crippen LogP contribution is -2.35. The van der Waals surface area contributed by atoms with E-state index >= 15 is 0 Å². The molecule has 3 nitrogen and oxygen atoms in total. The molecule has 0 amide bonds. The van der Waals surface area contributed by atoms with Crippen LogP contribution in [-0.4, -0.2) is 22.3 Å². The molecular formula is C11H14N2OS2. The number of hydrogen-bond donors (Lipinski definition) is 2. The lowest BCUT2D eigenvalue weighted by molar-refractivity contribution is 0.275. The van der Waals surface area contributed by atoms with Crippen molar-refractivity contribution in [1.29, 1.82) is 5.41 Å². The topological polar surface area (TPSA) is 59.1 Å². The van der Waals surface area contributed by atoms with E-state index in [0.29, 0.717) is 6.61 Å². The fourth-order valence-electron chi connectivity index (χ4n) is 1.48. The molecule has 86 valence electrons. The Morgan fingerprint density at radius 3 is 3.12 bits per heavy atom. The normalized spacial score (nSPS) is 23.3. The van der Waals surface area contributed by atoms with E-state index in [2.05, 4.69) is 13.0 Å². The van der Waals surface area contributed by atoms with Gasteiger partial charge in [-0.25, -0.2) is 0 Å². The van der Waals surface area contributed by atoms with E-state index in [4.69, 9.17) is 15.9 Å². The predicted molar refractivity (Wildman–Crippen MR) is 70.6 cm³/mol. The van der Waals surface area contributed by atoms with E-state index in [0.717, 1.165) is 11.5 Å². The van der Waals surface area contributed by atoms with Crippen molar-refractivity contribution in [3.8, 4) is 5.75 Å². The van der Waals surface area contributed by atoms with Gasteiger partial charge in [-0.3, -0.25) is 5.41 Å². The fraction of sp³-hybridized carbons (Fsp3) is 0.364. The first-order valence-corrected chi connectivity index (χ1v) is 6.77. The largest absolute Gasteiger partial charge is 0.491 e. The summed E-state index contributed by atoms with van der Waals surface area (Å²) in [5.74, 6) is 1.75. The van der Waals surface area contributed by atoms with Gasteiger partial charge in [0.2, 0.25) is 0 Å². The summed E-state index contributed by atoms with van der Waals surface area (Å²) < 4.78 is 5.72. The number of thioether (sulfide) groups is 2. The summed E-state index contributed by atoms with van der Waals surface area (Å²) >= 11 is 3.17. The summed E-state index contributed by atoms with van der Waals surface area (Å²) in [6.07, 6.45) is 0. The molecule has 1 aliphatic rings. The molecular weight excluding hydrogens is 240 g/mol. The Labute approximate surface area is 104 Å². The van der Waals surface area contributed by atoms with Crippen LogP contribution >= 0.6 is 23.5 Å². The lowest BCUT2D eigenvalue weighted by atomic mass is 10.2. The number of benzene rings is 1. The number of fused-ring (bicyclic) bond motifs is 1. The van der Waals surface area contributed by atoms with Crippen LogP contribution in [0, 0.1) is 5.41 Å². The van der Waals surface area contributed by atoms with Crippen LogP contribution in [0.25, 0.3) is 0 Å². The highest BCUT2D eigenvalue weighted by Gasteiger charge is 2.32. The molecule has 5 heteroatoms. The van der Waals surface area contributed by atoms with Crippen LogP contribution in [0.15, 0.2) is 29.2 Å². The van der Waals surface area contributed by atoms with E-state index in [1.807, 2.05) is 18.2 Å². The van der Waals surface area contributed by atoms with Crippen LogP contribution < -0.4 is 10.5 Å². The fourth-order valence-corrected chi connectivity index (χ4v) is 3.46. The molecule has 0 unspecified atom stereocenters. The van der Waals surface area contributed by atoms with Crippen molar-refractivity contribution in [2.75, 3.05) is 12.4 Å². The SMILES string of the molecule is C[C@@]1(CSC(=N)N)COc2ccccc2S1. The van der Waals surface area contributed by atoms with Crippen LogP contribution in [0.1, 0.15) is 6.92 Å². The molecule has 1 aromatic carbocycles. The Bertz CT molecular complexity index is 411. The summed E-state index contributed by atoms with van der Waals surface area (Å²) in [7, 11) is 0. The van der Waals surface area contributed by atoms with Crippen LogP contribution in [0.2, 0.25) is 0 Å². The Morgan fingerprint density at radius 2 is 2.38 bits per heavy atom. The van der Waals surface area contributed by atoms with Crippen LogP contribution in [0.4, 0.5) is 0 Å². The highest BCUT2D eigenvalue weighted by Crippen LogP contribution is 2.44. The Balaban J connectivity index is 2.08. The summed E-state index contributed by atoms with van der Waals surface area (Å²) in [6.45, 7) is 2.80. The van der Waals surface area contributed by atoms with Crippen molar-refractivity contribution in [3.05, 3.63) is 24.3 Å². The molecule has 0 fully saturated rings. The number of amidine groups is 1. The minimum Gasteiger partial charge on any atom is -0.491 e. The summed E-state index contributed by atoms with van der Waals surface area (Å²) in [6, 6.07) is 8.04. The first-order chi connectivity index (χ1) is 7.59. The first kappa shape index (κ1) is 11.7. The average molecular weight is 254 g/mol. The van der Waals surface area contributed by atoms with E-state index in [9.17, 15) is 0 Å². The zero-order valence-electron chi connectivity index (χ0n) is 9.03. The molecule has 0 aromatic heterocycles. The van der Waals surface area contributed by atoms with Crippen molar-refractivity contribution < 1.29 is 4.74 Å². The van der Waals surface area contributed by atoms with Gasteiger partial charge in [0.05, 0.1) is 9.64 Å². The second kappa shape index (κ2) is 4.59. The Kier molecular flexibility index (Phi) is 3.35. The van der Waals surface area contributed by atoms with Gasteiger partial charge in [0.1, 0.15) is 12.4 Å². The van der Waals surface area contributed by atoms with Crippen molar-refractivity contribution in [2.24, 2.45) is 5.73 Å². The molecule has 0 aliphatic carbocycles. The van der Waals surface area contributed by atoms with Gasteiger partial charge >= 0.3 is 0 Å². The maximum Gasteiger partial charge on any atom is 0.151 e. The zero-order valence-corrected chi connectivity index (χ0v) is 10.7. The van der Waals surface area contributed by atoms with Gasteiger partial charge in [-0.2, -0.15) is 0 Å². The maximum atomic E-state index is 7.24. The van der Waals surface area contributed by atoms with E-state index in [1.165, 1.54) is 16.7 Å². The number of para-hydroxylation sites is 1. The molecule has 16 heavy (non-hydrogen) atoms. The number of hydrogen-bond acceptors (Lipinski definition) is 4. The molecule has 0 bridgehead atoms. The van der Waals surface area contributed by atoms with Crippen molar-refractivity contribution >= 4 is 28.7 Å². The van der Waals surface area contributed by atoms with Crippen LogP contribution in [-0.2, 0) is 0 Å². The Hall–Kier alpha value is -0.810. The van der Waals surface area contributed by atoms with E-state index < -0.39 is 0 Å². The molecule has 2 rings (SSSR count). The van der Waals surface area contributed by atoms with Gasteiger partial charge in [-0.05, 0) is 19.1 Å². The summed E-state index contributed by atoms with van der Waals surface area (Å²) in [5, 5.41) is 7.40. The minimum absolute atomic E-state index is 0.00924. The monoisotopic (exact) mass is 254 g/mol. The smallest absolute Gasteiger partial charge is 0.151 e. The van der Waals surface area contributed by atoms with Crippen LogP contribution in [0.5, 0.6) is 5.75 Å². The first-order valence-electron chi connectivity index (χ1n) is 4.97. The molecule has 3 N–H and O–H groups in total. The van der Waals surface area contributed by atoms with Gasteiger partial charge < -0.3 is 10.5 Å². The van der Waals surface area contributed by atoms with Gasteiger partial charge in [0.15, 0.2) is 5.17 Å². The number of nitrogens with one attached hydrogen (secondary N) is 1. The second-order valence-corrected chi connectivity index (χ2v) is 6.59. The van der Waals surface area contributed by atoms with Crippen molar-refractivity contribution in [1.82, 2.24) is 0 Å². The zero-order chi connectivity index (χ0) is 11.6. The standard InChI is InChI=1S/C11H14N2OS2/c1-11(7-15-10(12)13)6-14-8-4-2-3-5-9(8)16-11/h2-5H,6-7H2,1H3,(H3,12,13)/t11-/m0/s1. The number of rotatable bonds is 2. The average Bonchev–Trinajstić information content (AvgIpc) is 2.26. The highest BCUT2D eigenvalue weighted by molar-refractivity contribution is 8.14. The summed E-state index contributed by atoms with van der Waals surface area (Å²) in [5.41, 5.74) is 5.36. The van der Waals surface area contributed by atoms with Gasteiger partial charge in [-0.1, -0.05) is 23.9 Å². The molecule has 1 atom stereocenters. The number of nitrogens with two attached hydrogens (primary N) is 1. The van der Waals surface area contributed by atoms with Crippen LogP contribution in [0.3, 0.4) is 0 Å². The lowest BCUT2D eigenvalue weighted by Gasteiger charge is -2.33. The van der Waals surface area contributed by atoms with E-state index in [1.54, 1.807) is 11.8 Å². The van der Waals surface area contributed by atoms with Crippen molar-refractivity contribution in [3.63, 3.8) is 0 Å². The second-order valence-electron chi connectivity index (χ2n) is 3.94. The molecule has 0 radical (unpaired) electrons. The molecule has 1 aliphatic heterocycles.